The molecule has 0 bridgehead atoms. The van der Waals surface area contributed by atoms with Crippen LogP contribution in [0.5, 0.6) is 0 Å². The van der Waals surface area contributed by atoms with E-state index in [2.05, 4.69) is 33.5 Å². The van der Waals surface area contributed by atoms with Crippen molar-refractivity contribution in [3.8, 4) is 0 Å². The smallest absolute Gasteiger partial charge is 0.337 e. The van der Waals surface area contributed by atoms with Gasteiger partial charge in [0.2, 0.25) is 0 Å². The quantitative estimate of drug-likeness (QED) is 0.763. The van der Waals surface area contributed by atoms with Crippen LogP contribution in [0.2, 0.25) is 0 Å². The molecule has 0 spiro atoms. The number of carbonyl (C=O) groups is 2. The lowest BCUT2D eigenvalue weighted by Gasteiger charge is -2.20. The monoisotopic (exact) mass is 342 g/mol. The Kier molecular flexibility index (Phi) is 6.01. The molecule has 2 atom stereocenters. The predicted octanol–water partition coefficient (Wildman–Crippen LogP) is 3.70. The first-order chi connectivity index (χ1) is 9.36. The van der Waals surface area contributed by atoms with E-state index in [0.717, 1.165) is 6.42 Å². The van der Waals surface area contributed by atoms with Gasteiger partial charge in [-0.25, -0.2) is 9.59 Å². The van der Waals surface area contributed by atoms with Crippen molar-refractivity contribution < 1.29 is 14.7 Å². The molecular formula is C14H19BrN2O3. The molecule has 0 aromatic heterocycles. The van der Waals surface area contributed by atoms with Gasteiger partial charge in [-0.1, -0.05) is 26.3 Å². The van der Waals surface area contributed by atoms with Gasteiger partial charge >= 0.3 is 12.0 Å². The number of hydrogen-bond acceptors (Lipinski definition) is 2. The molecule has 6 heteroatoms. The standard InChI is InChI=1S/C14H19BrN2O3/c1-4-8(2)9(3)16-14(20)17-12-10(13(18)19)6-5-7-11(12)15/h5-9H,4H2,1-3H3,(H,18,19)(H2,16,17,20). The number of halogens is 1. The third-order valence-corrected chi connectivity index (χ3v) is 4.00. The van der Waals surface area contributed by atoms with Crippen LogP contribution in [0.3, 0.4) is 0 Å². The van der Waals surface area contributed by atoms with Crippen LogP contribution in [0.15, 0.2) is 22.7 Å². The van der Waals surface area contributed by atoms with Crippen LogP contribution in [0.1, 0.15) is 37.6 Å². The van der Waals surface area contributed by atoms with E-state index in [9.17, 15) is 9.59 Å². The van der Waals surface area contributed by atoms with E-state index in [4.69, 9.17) is 5.11 Å². The zero-order valence-corrected chi connectivity index (χ0v) is 13.3. The Hall–Kier alpha value is -1.56. The summed E-state index contributed by atoms with van der Waals surface area (Å²) < 4.78 is 0.531. The summed E-state index contributed by atoms with van der Waals surface area (Å²) in [4.78, 5) is 23.1. The van der Waals surface area contributed by atoms with Crippen LogP contribution in [0.25, 0.3) is 0 Å². The van der Waals surface area contributed by atoms with Crippen LogP contribution < -0.4 is 10.6 Å². The first kappa shape index (κ1) is 16.5. The van der Waals surface area contributed by atoms with Crippen molar-refractivity contribution in [1.82, 2.24) is 5.32 Å². The predicted molar refractivity (Wildman–Crippen MR) is 82.2 cm³/mol. The van der Waals surface area contributed by atoms with Crippen LogP contribution in [0, 0.1) is 5.92 Å². The van der Waals surface area contributed by atoms with Crippen LogP contribution in [-0.2, 0) is 0 Å². The van der Waals surface area contributed by atoms with Gasteiger partial charge in [0.15, 0.2) is 0 Å². The second-order valence-corrected chi connectivity index (χ2v) is 5.59. The molecule has 1 aromatic rings. The number of anilines is 1. The number of carboxylic acid groups (broad SMARTS) is 1. The topological polar surface area (TPSA) is 78.4 Å². The van der Waals surface area contributed by atoms with E-state index in [1.807, 2.05) is 13.8 Å². The third kappa shape index (κ3) is 4.23. The minimum atomic E-state index is -1.09. The Morgan fingerprint density at radius 1 is 1.35 bits per heavy atom. The van der Waals surface area contributed by atoms with Gasteiger partial charge in [-0.3, -0.25) is 0 Å². The van der Waals surface area contributed by atoms with Gasteiger partial charge in [0.25, 0.3) is 0 Å². The molecule has 2 amide bonds. The fourth-order valence-corrected chi connectivity index (χ4v) is 2.15. The molecule has 5 nitrogen and oxygen atoms in total. The summed E-state index contributed by atoms with van der Waals surface area (Å²) in [5.41, 5.74) is 0.305. The lowest BCUT2D eigenvalue weighted by molar-refractivity contribution is 0.0698. The van der Waals surface area contributed by atoms with E-state index in [1.54, 1.807) is 12.1 Å². The number of aromatic carboxylic acids is 1. The van der Waals surface area contributed by atoms with Crippen LogP contribution in [0.4, 0.5) is 10.5 Å². The first-order valence-electron chi connectivity index (χ1n) is 6.46. The molecule has 1 rings (SSSR count). The van der Waals surface area contributed by atoms with Gasteiger partial charge in [0.05, 0.1) is 11.3 Å². The number of carbonyl (C=O) groups excluding carboxylic acids is 1. The highest BCUT2D eigenvalue weighted by Crippen LogP contribution is 2.26. The van der Waals surface area contributed by atoms with Crippen LogP contribution in [-0.4, -0.2) is 23.1 Å². The minimum absolute atomic E-state index is 0.00997. The third-order valence-electron chi connectivity index (χ3n) is 3.34. The molecule has 3 N–H and O–H groups in total. The molecule has 20 heavy (non-hydrogen) atoms. The van der Waals surface area contributed by atoms with Gasteiger partial charge in [-0.05, 0) is 40.9 Å². The Morgan fingerprint density at radius 3 is 2.55 bits per heavy atom. The van der Waals surface area contributed by atoms with Crippen molar-refractivity contribution in [3.05, 3.63) is 28.2 Å². The summed E-state index contributed by atoms with van der Waals surface area (Å²) in [7, 11) is 0. The maximum absolute atomic E-state index is 11.9. The van der Waals surface area contributed by atoms with Crippen molar-refractivity contribution in [1.29, 1.82) is 0 Å². The van der Waals surface area contributed by atoms with E-state index in [-0.39, 0.29) is 17.3 Å². The molecule has 1 aromatic carbocycles. The summed E-state index contributed by atoms with van der Waals surface area (Å²) in [6.07, 6.45) is 0.955. The summed E-state index contributed by atoms with van der Waals surface area (Å²) >= 11 is 3.25. The van der Waals surface area contributed by atoms with Crippen molar-refractivity contribution in [2.24, 2.45) is 5.92 Å². The molecule has 0 heterocycles. The van der Waals surface area contributed by atoms with Gasteiger partial charge in [0, 0.05) is 10.5 Å². The highest BCUT2D eigenvalue weighted by Gasteiger charge is 2.17. The van der Waals surface area contributed by atoms with E-state index in [0.29, 0.717) is 10.4 Å². The second kappa shape index (κ2) is 7.28. The zero-order valence-electron chi connectivity index (χ0n) is 11.7. The second-order valence-electron chi connectivity index (χ2n) is 4.74. The van der Waals surface area contributed by atoms with E-state index in [1.165, 1.54) is 6.07 Å². The number of carboxylic acids is 1. The SMILES string of the molecule is CCC(C)C(C)NC(=O)Nc1c(Br)cccc1C(=O)O. The number of urea groups is 1. The number of benzene rings is 1. The summed E-state index contributed by atoms with van der Waals surface area (Å²) in [6, 6.07) is 4.34. The first-order valence-corrected chi connectivity index (χ1v) is 7.25. The largest absolute Gasteiger partial charge is 0.478 e. The van der Waals surface area contributed by atoms with Crippen molar-refractivity contribution >= 4 is 33.6 Å². The summed E-state index contributed by atoms with van der Waals surface area (Å²) in [5, 5.41) is 14.5. The average Bonchev–Trinajstić information content (AvgIpc) is 2.39. The van der Waals surface area contributed by atoms with Crippen LogP contribution >= 0.6 is 15.9 Å². The molecule has 0 saturated carbocycles. The molecule has 0 aliphatic heterocycles. The number of amides is 2. The molecule has 110 valence electrons. The average molecular weight is 343 g/mol. The maximum atomic E-state index is 11.9. The molecule has 0 fully saturated rings. The molecule has 0 aliphatic rings. The molecular weight excluding hydrogens is 324 g/mol. The van der Waals surface area contributed by atoms with Crippen molar-refractivity contribution in [2.45, 2.75) is 33.2 Å². The van der Waals surface area contributed by atoms with Crippen molar-refractivity contribution in [2.75, 3.05) is 5.32 Å². The van der Waals surface area contributed by atoms with Crippen molar-refractivity contribution in [3.63, 3.8) is 0 Å². The Labute approximate surface area is 126 Å². The van der Waals surface area contributed by atoms with E-state index < -0.39 is 12.0 Å². The maximum Gasteiger partial charge on any atom is 0.337 e. The zero-order chi connectivity index (χ0) is 15.3. The van der Waals surface area contributed by atoms with Gasteiger partial charge in [-0.2, -0.15) is 0 Å². The summed E-state index contributed by atoms with van der Waals surface area (Å²) in [6.45, 7) is 6.02. The van der Waals surface area contributed by atoms with Gasteiger partial charge < -0.3 is 15.7 Å². The minimum Gasteiger partial charge on any atom is -0.478 e. The molecule has 0 aliphatic carbocycles. The van der Waals surface area contributed by atoms with Gasteiger partial charge in [-0.15, -0.1) is 0 Å². The Bertz CT molecular complexity index is 505. The number of hydrogen-bond donors (Lipinski definition) is 3. The van der Waals surface area contributed by atoms with E-state index >= 15 is 0 Å². The Balaban J connectivity index is 2.83. The highest BCUT2D eigenvalue weighted by atomic mass is 79.9. The lowest BCUT2D eigenvalue weighted by atomic mass is 10.0. The molecule has 0 saturated heterocycles. The number of nitrogens with one attached hydrogen (secondary N) is 2. The Morgan fingerprint density at radius 2 is 2.00 bits per heavy atom. The summed E-state index contributed by atoms with van der Waals surface area (Å²) in [5.74, 6) is -0.740. The fourth-order valence-electron chi connectivity index (χ4n) is 1.68. The lowest BCUT2D eigenvalue weighted by Crippen LogP contribution is -2.39. The number of rotatable bonds is 5. The molecule has 0 radical (unpaired) electrons. The fraction of sp³-hybridized carbons (Fsp3) is 0.429. The highest BCUT2D eigenvalue weighted by molar-refractivity contribution is 9.10. The number of para-hydroxylation sites is 1. The molecule has 2 unspecified atom stereocenters. The van der Waals surface area contributed by atoms with Gasteiger partial charge in [0.1, 0.15) is 0 Å². The normalized spacial score (nSPS) is 13.4.